The average Bonchev–Trinajstić information content (AvgIpc) is 3.17. The van der Waals surface area contributed by atoms with Crippen LogP contribution in [0.5, 0.6) is 6.01 Å². The number of halogens is 6. The number of piperidine rings is 1. The second-order valence-electron chi connectivity index (χ2n) is 9.56. The minimum absolute atomic E-state index is 0.0957. The molecule has 0 saturated carbocycles. The Morgan fingerprint density at radius 1 is 0.923 bits per heavy atom. The van der Waals surface area contributed by atoms with Crippen molar-refractivity contribution in [3.63, 3.8) is 0 Å². The number of hydrogen-bond donors (Lipinski definition) is 0. The quantitative estimate of drug-likeness (QED) is 0.208. The van der Waals surface area contributed by atoms with Gasteiger partial charge in [0.25, 0.3) is 0 Å². The van der Waals surface area contributed by atoms with E-state index in [1.165, 1.54) is 6.42 Å². The Hall–Kier alpha value is -2.55. The Labute approximate surface area is 220 Å². The second-order valence-corrected chi connectivity index (χ2v) is 13.0. The van der Waals surface area contributed by atoms with Crippen molar-refractivity contribution >= 4 is 20.0 Å². The summed E-state index contributed by atoms with van der Waals surface area (Å²) in [6.07, 6.45) is 12.5. The number of aryl methyl sites for hydroxylation is 1. The largest absolute Gasteiger partial charge is 0.480 e. The van der Waals surface area contributed by atoms with Crippen LogP contribution in [0.15, 0.2) is 31.1 Å². The summed E-state index contributed by atoms with van der Waals surface area (Å²) in [6, 6.07) is 0.201. The van der Waals surface area contributed by atoms with E-state index in [1.807, 2.05) is 40.0 Å². The lowest BCUT2D eigenvalue weighted by molar-refractivity contribution is -0.670. The van der Waals surface area contributed by atoms with Crippen molar-refractivity contribution in [2.24, 2.45) is 7.05 Å². The molecule has 1 saturated heterocycles. The molecule has 222 valence electrons. The van der Waals surface area contributed by atoms with Gasteiger partial charge in [-0.3, -0.25) is 4.89 Å². The van der Waals surface area contributed by atoms with Crippen LogP contribution in [0.25, 0.3) is 9.81 Å². The van der Waals surface area contributed by atoms with Gasteiger partial charge in [0.15, 0.2) is 25.7 Å². The standard InChI is InChI=1S/C17H26N5O2.C2F6NO4S2/c1-16(2)7-6-8-17(3,4)22(16)24-23-15-18-11-14(12-19-15)21-10-9-20(5)13-21;3-1(4,5)14(10,11)9-15(12,13)2(6,7)8/h9-13H,6-8H2,1-5H3;/q+1;-1. The zero-order valence-electron chi connectivity index (χ0n) is 21.2. The molecule has 1 fully saturated rings. The number of aromatic nitrogens is 4. The molecule has 0 radical (unpaired) electrons. The highest BCUT2D eigenvalue weighted by Crippen LogP contribution is 2.38. The topological polar surface area (TPSA) is 139 Å². The second kappa shape index (κ2) is 11.1. The van der Waals surface area contributed by atoms with Crippen molar-refractivity contribution in [1.29, 1.82) is 0 Å². The Kier molecular flexibility index (Phi) is 9.33. The van der Waals surface area contributed by atoms with Gasteiger partial charge in [-0.1, -0.05) is 4.99 Å². The lowest BCUT2D eigenvalue weighted by Crippen LogP contribution is -2.58. The molecule has 1 aliphatic rings. The summed E-state index contributed by atoms with van der Waals surface area (Å²) in [6.45, 7) is 8.64. The molecule has 0 aromatic carbocycles. The van der Waals surface area contributed by atoms with Crippen LogP contribution in [0.4, 0.5) is 26.3 Å². The zero-order valence-corrected chi connectivity index (χ0v) is 22.9. The summed E-state index contributed by atoms with van der Waals surface area (Å²) in [5.41, 5.74) is -11.7. The van der Waals surface area contributed by atoms with E-state index in [0.717, 1.165) is 22.7 Å². The van der Waals surface area contributed by atoms with Gasteiger partial charge in [0.2, 0.25) is 6.33 Å². The number of alkyl halides is 6. The Balaban J connectivity index is 0.000000309. The molecule has 0 unspecified atom stereocenters. The van der Waals surface area contributed by atoms with Crippen molar-refractivity contribution < 1.29 is 57.6 Å². The van der Waals surface area contributed by atoms with Crippen molar-refractivity contribution in [2.45, 2.75) is 69.1 Å². The minimum Gasteiger partial charge on any atom is -0.421 e. The highest BCUT2D eigenvalue weighted by atomic mass is 32.3. The first kappa shape index (κ1) is 32.7. The van der Waals surface area contributed by atoms with Crippen LogP contribution < -0.4 is 9.45 Å². The number of rotatable bonds is 6. The third-order valence-electron chi connectivity index (χ3n) is 5.33. The van der Waals surface area contributed by atoms with Crippen LogP contribution in [0, 0.1) is 0 Å². The normalized spacial score (nSPS) is 18.2. The molecule has 0 amide bonds. The number of nitrogens with zero attached hydrogens (tertiary/aromatic N) is 6. The van der Waals surface area contributed by atoms with Gasteiger partial charge in [0.05, 0.1) is 19.4 Å². The summed E-state index contributed by atoms with van der Waals surface area (Å²) >= 11 is 0. The van der Waals surface area contributed by atoms with Crippen LogP contribution in [0.3, 0.4) is 0 Å². The molecule has 0 N–H and O–H groups in total. The molecule has 39 heavy (non-hydrogen) atoms. The van der Waals surface area contributed by atoms with E-state index >= 15 is 0 Å². The maximum atomic E-state index is 11.4. The van der Waals surface area contributed by atoms with Crippen molar-refractivity contribution in [3.8, 4) is 11.7 Å². The van der Waals surface area contributed by atoms with Crippen LogP contribution in [-0.2, 0) is 32.1 Å². The summed E-state index contributed by atoms with van der Waals surface area (Å²) in [7, 11) is -11.5. The fourth-order valence-electron chi connectivity index (χ4n) is 3.55. The fraction of sp³-hybridized carbons (Fsp3) is 0.632. The lowest BCUT2D eigenvalue weighted by Gasteiger charge is -2.49. The third-order valence-corrected chi connectivity index (χ3v) is 8.07. The summed E-state index contributed by atoms with van der Waals surface area (Å²) in [5, 5.41) is 1.92. The molecule has 0 atom stereocenters. The molecular weight excluding hydrogens is 586 g/mol. The van der Waals surface area contributed by atoms with E-state index < -0.39 is 31.1 Å². The molecule has 0 aliphatic carbocycles. The zero-order chi connectivity index (χ0) is 30.1. The number of hydroxylamine groups is 2. The van der Waals surface area contributed by atoms with E-state index in [1.54, 1.807) is 12.4 Å². The van der Waals surface area contributed by atoms with Gasteiger partial charge in [0, 0.05) is 11.1 Å². The van der Waals surface area contributed by atoms with Gasteiger partial charge in [-0.25, -0.2) is 21.4 Å². The molecule has 1 aliphatic heterocycles. The molecule has 2 aromatic heterocycles. The Morgan fingerprint density at radius 3 is 1.77 bits per heavy atom. The van der Waals surface area contributed by atoms with Crippen molar-refractivity contribution in [3.05, 3.63) is 35.2 Å². The number of hydrogen-bond acceptors (Lipinski definition) is 9. The van der Waals surface area contributed by atoms with Crippen molar-refractivity contribution in [1.82, 2.24) is 19.6 Å². The smallest absolute Gasteiger partial charge is 0.421 e. The lowest BCUT2D eigenvalue weighted by atomic mass is 9.82. The molecule has 3 rings (SSSR count). The SMILES string of the molecule is C[n+]1ccn(-c2cnc(OON3C(C)(C)CCCC3(C)C)nc2)c1.O=S(=O)([N-]S(=O)(=O)C(F)(F)F)C(F)(F)F. The first-order valence-electron chi connectivity index (χ1n) is 10.9. The van der Waals surface area contributed by atoms with E-state index in [2.05, 4.69) is 37.7 Å². The van der Waals surface area contributed by atoms with Crippen LogP contribution in [0.2, 0.25) is 0 Å². The first-order valence-corrected chi connectivity index (χ1v) is 13.7. The first-order chi connectivity index (χ1) is 17.5. The maximum absolute atomic E-state index is 11.4. The Bertz CT molecular complexity index is 1280. The molecule has 0 bridgehead atoms. The number of imidazole rings is 1. The van der Waals surface area contributed by atoms with Gasteiger partial charge in [0.1, 0.15) is 12.4 Å². The van der Waals surface area contributed by atoms with E-state index in [-0.39, 0.29) is 17.1 Å². The van der Waals surface area contributed by atoms with E-state index in [9.17, 15) is 43.2 Å². The van der Waals surface area contributed by atoms with Crippen LogP contribution in [-0.4, -0.2) is 58.5 Å². The van der Waals surface area contributed by atoms with Gasteiger partial charge in [-0.15, -0.1) is 5.06 Å². The molecule has 2 aromatic rings. The van der Waals surface area contributed by atoms with Gasteiger partial charge in [-0.2, -0.15) is 40.9 Å². The minimum atomic E-state index is -6.72. The van der Waals surface area contributed by atoms with Crippen LogP contribution in [0.1, 0.15) is 47.0 Å². The van der Waals surface area contributed by atoms with Gasteiger partial charge < -0.3 is 4.13 Å². The monoisotopic (exact) mass is 612 g/mol. The Morgan fingerprint density at radius 2 is 1.38 bits per heavy atom. The molecule has 20 heteroatoms. The maximum Gasteiger partial charge on any atom is 0.480 e. The van der Waals surface area contributed by atoms with Crippen LogP contribution >= 0.6 is 0 Å². The highest BCUT2D eigenvalue weighted by molar-refractivity contribution is 8.13. The third kappa shape index (κ3) is 8.22. The summed E-state index contributed by atoms with van der Waals surface area (Å²) < 4.78 is 113. The molecule has 3 heterocycles. The predicted octanol–water partition coefficient (Wildman–Crippen LogP) is 3.42. The van der Waals surface area contributed by atoms with E-state index in [0.29, 0.717) is 0 Å². The molecular formula is C19H26F6N6O6S2. The van der Waals surface area contributed by atoms with Gasteiger partial charge in [-0.05, 0) is 47.0 Å². The van der Waals surface area contributed by atoms with Crippen molar-refractivity contribution in [2.75, 3.05) is 0 Å². The molecule has 12 nitrogen and oxygen atoms in total. The molecule has 0 spiro atoms. The predicted molar refractivity (Wildman–Crippen MR) is 121 cm³/mol. The fourth-order valence-corrected chi connectivity index (χ4v) is 5.26. The number of sulfonamides is 2. The summed E-state index contributed by atoms with van der Waals surface area (Å²) in [5.74, 6) is 0. The highest BCUT2D eigenvalue weighted by Gasteiger charge is 2.47. The summed E-state index contributed by atoms with van der Waals surface area (Å²) in [4.78, 5) is 19.5. The average molecular weight is 613 g/mol. The van der Waals surface area contributed by atoms with Gasteiger partial charge >= 0.3 is 17.0 Å². The van der Waals surface area contributed by atoms with E-state index in [4.69, 9.17) is 9.88 Å².